The molecule has 5 heterocycles. The van der Waals surface area contributed by atoms with E-state index in [9.17, 15) is 4.79 Å². The molecule has 138 valence electrons. The molecule has 0 saturated carbocycles. The van der Waals surface area contributed by atoms with Crippen LogP contribution in [0.3, 0.4) is 0 Å². The molecule has 0 aromatic carbocycles. The number of carbonyl (C=O) groups is 1. The number of anilines is 1. The van der Waals surface area contributed by atoms with E-state index >= 15 is 0 Å². The minimum Gasteiger partial charge on any atom is -0.440 e. The quantitative estimate of drug-likeness (QED) is 0.918. The molecule has 1 unspecified atom stereocenters. The third kappa shape index (κ3) is 3.07. The van der Waals surface area contributed by atoms with E-state index in [1.54, 1.807) is 12.3 Å². The molecule has 2 aromatic rings. The first-order valence-electron chi connectivity index (χ1n) is 9.92. The molecule has 0 spiro atoms. The summed E-state index contributed by atoms with van der Waals surface area (Å²) in [5.41, 5.74) is 1.20. The molecule has 2 aromatic heterocycles. The molecule has 0 radical (unpaired) electrons. The van der Waals surface area contributed by atoms with Crippen molar-refractivity contribution in [3.05, 3.63) is 24.0 Å². The van der Waals surface area contributed by atoms with Gasteiger partial charge >= 0.3 is 0 Å². The molecule has 3 aliphatic heterocycles. The monoisotopic (exact) mass is 354 g/mol. The third-order valence-corrected chi connectivity index (χ3v) is 6.09. The Morgan fingerprint density at radius 2 is 2.04 bits per heavy atom. The number of fused-ring (bicyclic) bond motifs is 3. The van der Waals surface area contributed by atoms with E-state index < -0.39 is 0 Å². The molecule has 3 aliphatic rings. The van der Waals surface area contributed by atoms with Crippen LogP contribution in [0.15, 0.2) is 22.7 Å². The summed E-state index contributed by atoms with van der Waals surface area (Å²) in [5.74, 6) is 1.55. The Balaban J connectivity index is 1.31. The number of nitrogens with one attached hydrogen (secondary N) is 1. The first-order chi connectivity index (χ1) is 12.7. The van der Waals surface area contributed by atoms with Crippen LogP contribution < -0.4 is 10.2 Å². The van der Waals surface area contributed by atoms with Crippen LogP contribution in [0.25, 0.3) is 11.0 Å². The van der Waals surface area contributed by atoms with Crippen molar-refractivity contribution in [2.75, 3.05) is 37.6 Å². The predicted octanol–water partition coefficient (Wildman–Crippen LogP) is 2.64. The van der Waals surface area contributed by atoms with Crippen molar-refractivity contribution in [1.82, 2.24) is 15.2 Å². The minimum atomic E-state index is -0.0877. The summed E-state index contributed by atoms with van der Waals surface area (Å²) in [4.78, 5) is 21.8. The average Bonchev–Trinajstić information content (AvgIpc) is 3.24. The second-order valence-corrected chi connectivity index (χ2v) is 8.06. The Hall–Kier alpha value is -2.08. The molecule has 26 heavy (non-hydrogen) atoms. The largest absolute Gasteiger partial charge is 0.440 e. The molecule has 3 atom stereocenters. The number of pyridine rings is 1. The van der Waals surface area contributed by atoms with Crippen molar-refractivity contribution in [1.29, 1.82) is 0 Å². The molecule has 1 N–H and O–H groups in total. The Bertz CT molecular complexity index is 799. The van der Waals surface area contributed by atoms with Crippen molar-refractivity contribution in [3.63, 3.8) is 0 Å². The number of amides is 1. The predicted molar refractivity (Wildman–Crippen MR) is 100 cm³/mol. The lowest BCUT2D eigenvalue weighted by molar-refractivity contribution is 0.0904. The standard InChI is InChI=1S/C20H26N4O2/c25-20(22-16-8-14-4-7-23(12-14)13-16)17-10-18-15(11-21-17)9-19(26-18)24-5-2-1-3-6-24/h9-11,14,16H,1-8,12-13H2,(H,22,25)/t14-,16-/m1/s1. The van der Waals surface area contributed by atoms with Crippen LogP contribution in [0.2, 0.25) is 0 Å². The van der Waals surface area contributed by atoms with E-state index in [0.717, 1.165) is 48.8 Å². The van der Waals surface area contributed by atoms with Crippen molar-refractivity contribution in [2.24, 2.45) is 5.92 Å². The molecular weight excluding hydrogens is 328 g/mol. The molecule has 5 rings (SSSR count). The fraction of sp³-hybridized carbons (Fsp3) is 0.600. The van der Waals surface area contributed by atoms with Gasteiger partial charge in [-0.15, -0.1) is 0 Å². The van der Waals surface area contributed by atoms with Gasteiger partial charge < -0.3 is 19.5 Å². The van der Waals surface area contributed by atoms with Gasteiger partial charge in [0.2, 0.25) is 0 Å². The van der Waals surface area contributed by atoms with E-state index in [-0.39, 0.29) is 11.9 Å². The van der Waals surface area contributed by atoms with Crippen molar-refractivity contribution >= 4 is 22.8 Å². The van der Waals surface area contributed by atoms with E-state index in [0.29, 0.717) is 5.69 Å². The Labute approximate surface area is 153 Å². The summed E-state index contributed by atoms with van der Waals surface area (Å²) in [6.45, 7) is 5.42. The van der Waals surface area contributed by atoms with Gasteiger partial charge in [0.1, 0.15) is 11.3 Å². The van der Waals surface area contributed by atoms with Gasteiger partial charge in [0, 0.05) is 55.9 Å². The topological polar surface area (TPSA) is 61.6 Å². The number of nitrogens with zero attached hydrogens (tertiary/aromatic N) is 3. The van der Waals surface area contributed by atoms with Gasteiger partial charge in [0.05, 0.1) is 0 Å². The number of aromatic nitrogens is 1. The van der Waals surface area contributed by atoms with Crippen molar-refractivity contribution in [2.45, 2.75) is 38.1 Å². The van der Waals surface area contributed by atoms with Crippen LogP contribution in [0, 0.1) is 5.92 Å². The molecule has 6 heteroatoms. The SMILES string of the molecule is O=C(N[C@@H]1C[C@H]2CCN(C2)C1)c1cc2oc(N3CCCCC3)cc2cn1. The Morgan fingerprint density at radius 3 is 2.88 bits per heavy atom. The van der Waals surface area contributed by atoms with Crippen LogP contribution >= 0.6 is 0 Å². The van der Waals surface area contributed by atoms with Crippen molar-refractivity contribution < 1.29 is 9.21 Å². The van der Waals surface area contributed by atoms with Crippen LogP contribution in [-0.4, -0.2) is 54.6 Å². The van der Waals surface area contributed by atoms with Gasteiger partial charge in [-0.3, -0.25) is 9.78 Å². The number of hydrogen-bond donors (Lipinski definition) is 1. The number of rotatable bonds is 3. The molecule has 1 amide bonds. The number of carbonyl (C=O) groups excluding carboxylic acids is 1. The second kappa shape index (κ2) is 6.58. The van der Waals surface area contributed by atoms with Gasteiger partial charge in [-0.25, -0.2) is 0 Å². The lowest BCUT2D eigenvalue weighted by Crippen LogP contribution is -2.47. The number of piperidine rings is 2. The minimum absolute atomic E-state index is 0.0877. The number of furan rings is 1. The fourth-order valence-electron chi connectivity index (χ4n) is 4.74. The number of hydrogen-bond acceptors (Lipinski definition) is 5. The highest BCUT2D eigenvalue weighted by molar-refractivity contribution is 5.95. The van der Waals surface area contributed by atoms with Gasteiger partial charge in [0.15, 0.2) is 5.88 Å². The Morgan fingerprint density at radius 1 is 1.15 bits per heavy atom. The summed E-state index contributed by atoms with van der Waals surface area (Å²) in [6.07, 6.45) is 7.83. The normalized spacial score (nSPS) is 28.5. The van der Waals surface area contributed by atoms with E-state index in [1.165, 1.54) is 38.8 Å². The molecular formula is C20H26N4O2. The zero-order chi connectivity index (χ0) is 17.5. The van der Waals surface area contributed by atoms with Gasteiger partial charge in [-0.05, 0) is 44.6 Å². The van der Waals surface area contributed by atoms with E-state index in [2.05, 4.69) is 20.1 Å². The highest BCUT2D eigenvalue weighted by Crippen LogP contribution is 2.29. The highest BCUT2D eigenvalue weighted by atomic mass is 16.4. The lowest BCUT2D eigenvalue weighted by atomic mass is 9.97. The summed E-state index contributed by atoms with van der Waals surface area (Å²) in [6, 6.07) is 4.07. The van der Waals surface area contributed by atoms with E-state index in [1.807, 2.05) is 6.07 Å². The molecule has 0 aliphatic carbocycles. The molecule has 2 bridgehead atoms. The maximum atomic E-state index is 12.7. The highest BCUT2D eigenvalue weighted by Gasteiger charge is 2.33. The zero-order valence-electron chi connectivity index (χ0n) is 15.1. The first-order valence-corrected chi connectivity index (χ1v) is 9.92. The smallest absolute Gasteiger partial charge is 0.270 e. The van der Waals surface area contributed by atoms with Crippen molar-refractivity contribution in [3.8, 4) is 0 Å². The first kappa shape index (κ1) is 16.1. The van der Waals surface area contributed by atoms with Gasteiger partial charge in [-0.2, -0.15) is 0 Å². The van der Waals surface area contributed by atoms with E-state index in [4.69, 9.17) is 4.42 Å². The fourth-order valence-corrected chi connectivity index (χ4v) is 4.74. The molecule has 3 fully saturated rings. The average molecular weight is 354 g/mol. The lowest BCUT2D eigenvalue weighted by Gasteiger charge is -2.30. The van der Waals surface area contributed by atoms with Crippen LogP contribution in [0.5, 0.6) is 0 Å². The van der Waals surface area contributed by atoms with Crippen LogP contribution in [-0.2, 0) is 0 Å². The van der Waals surface area contributed by atoms with Gasteiger partial charge in [-0.1, -0.05) is 0 Å². The van der Waals surface area contributed by atoms with Crippen LogP contribution in [0.1, 0.15) is 42.6 Å². The summed E-state index contributed by atoms with van der Waals surface area (Å²) in [5, 5.41) is 4.14. The summed E-state index contributed by atoms with van der Waals surface area (Å²) in [7, 11) is 0. The maximum Gasteiger partial charge on any atom is 0.270 e. The molecule has 6 nitrogen and oxygen atoms in total. The zero-order valence-corrected chi connectivity index (χ0v) is 15.1. The summed E-state index contributed by atoms with van der Waals surface area (Å²) >= 11 is 0. The third-order valence-electron chi connectivity index (χ3n) is 6.09. The maximum absolute atomic E-state index is 12.7. The Kier molecular flexibility index (Phi) is 4.08. The summed E-state index contributed by atoms with van der Waals surface area (Å²) < 4.78 is 6.03. The van der Waals surface area contributed by atoms with Gasteiger partial charge in [0.25, 0.3) is 5.91 Å². The molecule has 3 saturated heterocycles. The van der Waals surface area contributed by atoms with Crippen LogP contribution in [0.4, 0.5) is 5.88 Å². The second-order valence-electron chi connectivity index (χ2n) is 8.06.